The molecular weight excluding hydrogens is 400 g/mol. The first kappa shape index (κ1) is 21.4. The zero-order chi connectivity index (χ0) is 21.7. The van der Waals surface area contributed by atoms with Gasteiger partial charge in [0.05, 0.1) is 19.1 Å². The van der Waals surface area contributed by atoms with Gasteiger partial charge < -0.3 is 10.1 Å². The van der Waals surface area contributed by atoms with Crippen LogP contribution < -0.4 is 14.4 Å². The summed E-state index contributed by atoms with van der Waals surface area (Å²) in [5.41, 5.74) is 3.60. The van der Waals surface area contributed by atoms with Crippen molar-refractivity contribution in [2.75, 3.05) is 29.5 Å². The molecule has 0 atom stereocenters. The molecule has 0 aliphatic rings. The van der Waals surface area contributed by atoms with E-state index in [1.54, 1.807) is 18.2 Å². The molecule has 0 fully saturated rings. The van der Waals surface area contributed by atoms with Crippen LogP contribution in [0.2, 0.25) is 0 Å². The standard InChI is InChI=1S/C23H24N2O4S/c1-17-13-14-22(29-2)21(15-17)25(30(3,27)28)16-23(26)24-20-12-8-7-11-19(20)18-9-5-4-6-10-18/h4-15H,16H2,1-3H3,(H,24,26). The molecule has 3 aromatic rings. The molecule has 0 saturated heterocycles. The van der Waals surface area contributed by atoms with E-state index in [2.05, 4.69) is 5.32 Å². The van der Waals surface area contributed by atoms with Crippen molar-refractivity contribution in [2.24, 2.45) is 0 Å². The third kappa shape index (κ3) is 4.99. The first-order valence-corrected chi connectivity index (χ1v) is 11.2. The number of carbonyl (C=O) groups is 1. The second-order valence-electron chi connectivity index (χ2n) is 6.90. The lowest BCUT2D eigenvalue weighted by atomic mass is 10.0. The second-order valence-corrected chi connectivity index (χ2v) is 8.81. The normalized spacial score (nSPS) is 11.0. The number of para-hydroxylation sites is 1. The molecular formula is C23H24N2O4S. The molecule has 0 heterocycles. The van der Waals surface area contributed by atoms with E-state index in [9.17, 15) is 13.2 Å². The van der Waals surface area contributed by atoms with E-state index in [1.807, 2.05) is 61.5 Å². The zero-order valence-electron chi connectivity index (χ0n) is 17.1. The maximum atomic E-state index is 12.9. The summed E-state index contributed by atoms with van der Waals surface area (Å²) in [6, 6.07) is 22.3. The summed E-state index contributed by atoms with van der Waals surface area (Å²) in [6.45, 7) is 1.47. The molecule has 3 rings (SSSR count). The number of aryl methyl sites for hydroxylation is 1. The SMILES string of the molecule is COc1ccc(C)cc1N(CC(=O)Nc1ccccc1-c1ccccc1)S(C)(=O)=O. The highest BCUT2D eigenvalue weighted by molar-refractivity contribution is 7.92. The van der Waals surface area contributed by atoms with Gasteiger partial charge in [0.25, 0.3) is 0 Å². The number of nitrogens with one attached hydrogen (secondary N) is 1. The van der Waals surface area contributed by atoms with Gasteiger partial charge >= 0.3 is 0 Å². The molecule has 156 valence electrons. The predicted molar refractivity (Wildman–Crippen MR) is 120 cm³/mol. The van der Waals surface area contributed by atoms with Crippen molar-refractivity contribution in [1.29, 1.82) is 0 Å². The molecule has 0 aliphatic heterocycles. The van der Waals surface area contributed by atoms with Crippen LogP contribution in [0.5, 0.6) is 5.75 Å². The van der Waals surface area contributed by atoms with E-state index in [4.69, 9.17) is 4.74 Å². The van der Waals surface area contributed by atoms with Crippen molar-refractivity contribution in [3.8, 4) is 16.9 Å². The fourth-order valence-electron chi connectivity index (χ4n) is 3.16. The molecule has 0 aromatic heterocycles. The lowest BCUT2D eigenvalue weighted by molar-refractivity contribution is -0.114. The molecule has 6 nitrogen and oxygen atoms in total. The molecule has 0 saturated carbocycles. The van der Waals surface area contributed by atoms with Gasteiger partial charge in [-0.2, -0.15) is 0 Å². The quantitative estimate of drug-likeness (QED) is 0.620. The average molecular weight is 425 g/mol. The summed E-state index contributed by atoms with van der Waals surface area (Å²) >= 11 is 0. The Bertz CT molecular complexity index is 1140. The van der Waals surface area contributed by atoms with Crippen LogP contribution in [-0.2, 0) is 14.8 Å². The van der Waals surface area contributed by atoms with E-state index >= 15 is 0 Å². The number of anilines is 2. The van der Waals surface area contributed by atoms with Crippen LogP contribution in [0, 0.1) is 6.92 Å². The van der Waals surface area contributed by atoms with Crippen LogP contribution in [0.3, 0.4) is 0 Å². The van der Waals surface area contributed by atoms with Crippen molar-refractivity contribution in [3.05, 3.63) is 78.4 Å². The number of hydrogen-bond acceptors (Lipinski definition) is 4. The van der Waals surface area contributed by atoms with Crippen molar-refractivity contribution < 1.29 is 17.9 Å². The van der Waals surface area contributed by atoms with Crippen LogP contribution in [0.1, 0.15) is 5.56 Å². The maximum Gasteiger partial charge on any atom is 0.245 e. The lowest BCUT2D eigenvalue weighted by Crippen LogP contribution is -2.37. The predicted octanol–water partition coefficient (Wildman–Crippen LogP) is 4.08. The van der Waals surface area contributed by atoms with Crippen LogP contribution in [0.15, 0.2) is 72.8 Å². The lowest BCUT2D eigenvalue weighted by Gasteiger charge is -2.24. The van der Waals surface area contributed by atoms with Gasteiger partial charge in [-0.25, -0.2) is 8.42 Å². The van der Waals surface area contributed by atoms with Crippen molar-refractivity contribution in [3.63, 3.8) is 0 Å². The van der Waals surface area contributed by atoms with Crippen LogP contribution in [0.4, 0.5) is 11.4 Å². The molecule has 3 aromatic carbocycles. The Morgan fingerprint density at radius 3 is 2.33 bits per heavy atom. The van der Waals surface area contributed by atoms with Gasteiger partial charge in [0.2, 0.25) is 15.9 Å². The molecule has 30 heavy (non-hydrogen) atoms. The van der Waals surface area contributed by atoms with Gasteiger partial charge in [-0.1, -0.05) is 54.6 Å². The summed E-state index contributed by atoms with van der Waals surface area (Å²) in [5, 5.41) is 2.85. The number of ether oxygens (including phenoxy) is 1. The minimum absolute atomic E-state index is 0.325. The molecule has 0 aliphatic carbocycles. The van der Waals surface area contributed by atoms with Gasteiger partial charge in [0.15, 0.2) is 0 Å². The molecule has 0 spiro atoms. The topological polar surface area (TPSA) is 75.7 Å². The van der Waals surface area contributed by atoms with Gasteiger partial charge in [0.1, 0.15) is 12.3 Å². The van der Waals surface area contributed by atoms with E-state index in [-0.39, 0.29) is 6.54 Å². The number of carbonyl (C=O) groups excluding carboxylic acids is 1. The fourth-order valence-corrected chi connectivity index (χ4v) is 4.01. The van der Waals surface area contributed by atoms with Gasteiger partial charge in [-0.05, 0) is 36.2 Å². The van der Waals surface area contributed by atoms with E-state index < -0.39 is 15.9 Å². The Labute approximate surface area is 177 Å². The highest BCUT2D eigenvalue weighted by atomic mass is 32.2. The Morgan fingerprint density at radius 1 is 1.00 bits per heavy atom. The number of methoxy groups -OCH3 is 1. The van der Waals surface area contributed by atoms with Crippen LogP contribution >= 0.6 is 0 Å². The number of amides is 1. The van der Waals surface area contributed by atoms with Crippen molar-refractivity contribution in [1.82, 2.24) is 0 Å². The Hall–Kier alpha value is -3.32. The molecule has 0 radical (unpaired) electrons. The van der Waals surface area contributed by atoms with Crippen LogP contribution in [0.25, 0.3) is 11.1 Å². The largest absolute Gasteiger partial charge is 0.495 e. The molecule has 7 heteroatoms. The number of benzene rings is 3. The Kier molecular flexibility index (Phi) is 6.42. The average Bonchev–Trinajstić information content (AvgIpc) is 2.72. The highest BCUT2D eigenvalue weighted by Gasteiger charge is 2.24. The minimum atomic E-state index is -3.72. The van der Waals surface area contributed by atoms with Crippen molar-refractivity contribution >= 4 is 27.3 Å². The highest BCUT2D eigenvalue weighted by Crippen LogP contribution is 2.31. The fraction of sp³-hybridized carbons (Fsp3) is 0.174. The van der Waals surface area contributed by atoms with E-state index in [0.717, 1.165) is 27.3 Å². The summed E-state index contributed by atoms with van der Waals surface area (Å²) in [5.74, 6) is -0.0733. The van der Waals surface area contributed by atoms with Gasteiger partial charge in [-0.3, -0.25) is 9.10 Å². The van der Waals surface area contributed by atoms with Gasteiger partial charge in [-0.15, -0.1) is 0 Å². The maximum absolute atomic E-state index is 12.9. The molecule has 0 unspecified atom stereocenters. The first-order valence-electron chi connectivity index (χ1n) is 9.36. The summed E-state index contributed by atoms with van der Waals surface area (Å²) < 4.78 is 31.3. The zero-order valence-corrected chi connectivity index (χ0v) is 17.9. The first-order chi connectivity index (χ1) is 14.3. The summed E-state index contributed by atoms with van der Waals surface area (Å²) in [4.78, 5) is 12.9. The summed E-state index contributed by atoms with van der Waals surface area (Å²) in [6.07, 6.45) is 1.07. The molecule has 1 amide bonds. The monoisotopic (exact) mass is 424 g/mol. The third-order valence-corrected chi connectivity index (χ3v) is 5.70. The second kappa shape index (κ2) is 9.00. The third-order valence-electron chi connectivity index (χ3n) is 4.58. The summed E-state index contributed by atoms with van der Waals surface area (Å²) in [7, 11) is -2.26. The number of nitrogens with zero attached hydrogens (tertiary/aromatic N) is 1. The van der Waals surface area contributed by atoms with Gasteiger partial charge in [0, 0.05) is 11.3 Å². The molecule has 1 N–H and O–H groups in total. The van der Waals surface area contributed by atoms with E-state index in [1.165, 1.54) is 7.11 Å². The number of rotatable bonds is 7. The van der Waals surface area contributed by atoms with Crippen LogP contribution in [-0.4, -0.2) is 34.2 Å². The number of sulfonamides is 1. The number of hydrogen-bond donors (Lipinski definition) is 1. The minimum Gasteiger partial charge on any atom is -0.495 e. The van der Waals surface area contributed by atoms with E-state index in [0.29, 0.717) is 17.1 Å². The molecule has 0 bridgehead atoms. The Morgan fingerprint density at radius 2 is 1.67 bits per heavy atom. The Balaban J connectivity index is 1.90. The van der Waals surface area contributed by atoms with Crippen molar-refractivity contribution in [2.45, 2.75) is 6.92 Å². The smallest absolute Gasteiger partial charge is 0.245 e.